The van der Waals surface area contributed by atoms with Crippen LogP contribution in [0.2, 0.25) is 0 Å². The predicted octanol–water partition coefficient (Wildman–Crippen LogP) is 4.50. The van der Waals surface area contributed by atoms with Gasteiger partial charge in [-0.15, -0.1) is 11.3 Å². The molecule has 108 valence electrons. The zero-order valence-corrected chi connectivity index (χ0v) is 14.6. The Bertz CT molecular complexity index is 560. The van der Waals surface area contributed by atoms with Crippen molar-refractivity contribution in [1.29, 1.82) is 0 Å². The zero-order valence-electron chi connectivity index (χ0n) is 12.2. The van der Waals surface area contributed by atoms with Crippen molar-refractivity contribution in [3.8, 4) is 0 Å². The fourth-order valence-electron chi connectivity index (χ4n) is 2.50. The van der Waals surface area contributed by atoms with Gasteiger partial charge < -0.3 is 10.6 Å². The quantitative estimate of drug-likeness (QED) is 0.802. The Morgan fingerprint density at radius 3 is 2.45 bits per heavy atom. The number of hydrogen-bond donors (Lipinski definition) is 1. The highest BCUT2D eigenvalue weighted by Gasteiger charge is 2.22. The van der Waals surface area contributed by atoms with E-state index in [0.29, 0.717) is 0 Å². The van der Waals surface area contributed by atoms with E-state index in [-0.39, 0.29) is 5.41 Å². The van der Waals surface area contributed by atoms with Gasteiger partial charge in [-0.2, -0.15) is 0 Å². The maximum atomic E-state index is 5.76. The molecule has 0 aliphatic heterocycles. The van der Waals surface area contributed by atoms with Crippen molar-refractivity contribution in [1.82, 2.24) is 4.90 Å². The van der Waals surface area contributed by atoms with Crippen molar-refractivity contribution >= 4 is 33.0 Å². The zero-order chi connectivity index (χ0) is 14.8. The monoisotopic (exact) mass is 352 g/mol. The predicted molar refractivity (Wildman–Crippen MR) is 92.2 cm³/mol. The van der Waals surface area contributed by atoms with Crippen LogP contribution >= 0.6 is 27.3 Å². The van der Waals surface area contributed by atoms with Crippen LogP contribution in [0.4, 0.5) is 5.69 Å². The van der Waals surface area contributed by atoms with Gasteiger partial charge in [-0.1, -0.05) is 26.0 Å². The summed E-state index contributed by atoms with van der Waals surface area (Å²) < 4.78 is 1.19. The highest BCUT2D eigenvalue weighted by atomic mass is 79.9. The molecule has 2 N–H and O–H groups in total. The smallest absolute Gasteiger partial charge is 0.0701 e. The van der Waals surface area contributed by atoms with E-state index < -0.39 is 0 Å². The third-order valence-corrected chi connectivity index (χ3v) is 4.98. The van der Waals surface area contributed by atoms with Crippen LogP contribution in [0.25, 0.3) is 0 Å². The molecule has 1 heterocycles. The number of thiophene rings is 1. The number of rotatable bonds is 5. The van der Waals surface area contributed by atoms with Gasteiger partial charge in [0, 0.05) is 24.2 Å². The number of benzene rings is 1. The second-order valence-corrected chi connectivity index (χ2v) is 8.23. The highest BCUT2D eigenvalue weighted by molar-refractivity contribution is 9.11. The summed E-state index contributed by atoms with van der Waals surface area (Å²) in [6.45, 7) is 6.53. The van der Waals surface area contributed by atoms with Crippen molar-refractivity contribution < 1.29 is 0 Å². The van der Waals surface area contributed by atoms with Crippen molar-refractivity contribution in [3.63, 3.8) is 0 Å². The maximum absolute atomic E-state index is 5.76. The molecule has 0 saturated carbocycles. The van der Waals surface area contributed by atoms with Gasteiger partial charge in [0.1, 0.15) is 0 Å². The summed E-state index contributed by atoms with van der Waals surface area (Å²) in [5.74, 6) is 0. The first kappa shape index (κ1) is 15.5. The maximum Gasteiger partial charge on any atom is 0.0701 e. The van der Waals surface area contributed by atoms with Crippen LogP contribution in [0.15, 0.2) is 39.5 Å². The molecule has 1 aromatic heterocycles. The van der Waals surface area contributed by atoms with Crippen molar-refractivity contribution in [2.24, 2.45) is 0 Å². The second kappa shape index (κ2) is 6.29. The molecular formula is C16H21BrN2S. The number of anilines is 1. The van der Waals surface area contributed by atoms with Crippen LogP contribution in [-0.4, -0.2) is 18.5 Å². The number of halogens is 1. The minimum absolute atomic E-state index is 0.107. The van der Waals surface area contributed by atoms with E-state index in [4.69, 9.17) is 5.73 Å². The first-order chi connectivity index (χ1) is 9.37. The van der Waals surface area contributed by atoms with E-state index in [1.54, 1.807) is 11.3 Å². The van der Waals surface area contributed by atoms with Crippen LogP contribution in [0, 0.1) is 0 Å². The van der Waals surface area contributed by atoms with E-state index in [0.717, 1.165) is 18.8 Å². The molecule has 2 rings (SSSR count). The molecular weight excluding hydrogens is 332 g/mol. The molecule has 0 unspecified atom stereocenters. The molecule has 0 atom stereocenters. The van der Waals surface area contributed by atoms with E-state index in [1.807, 2.05) is 12.1 Å². The number of likely N-dealkylation sites (N-methyl/N-ethyl adjacent to an activating group) is 1. The molecule has 20 heavy (non-hydrogen) atoms. The first-order valence-corrected chi connectivity index (χ1v) is 8.31. The standard InChI is InChI=1S/C16H21BrN2S/c1-16(2,13-4-6-14(18)7-5-13)11-19(3)9-12-8-15(17)20-10-12/h4-8,10H,9,11,18H2,1-3H3. The number of hydrogen-bond acceptors (Lipinski definition) is 3. The summed E-state index contributed by atoms with van der Waals surface area (Å²) in [6.07, 6.45) is 0. The Balaban J connectivity index is 2.01. The topological polar surface area (TPSA) is 29.3 Å². The molecule has 0 amide bonds. The molecule has 0 bridgehead atoms. The minimum Gasteiger partial charge on any atom is -0.399 e. The Labute approximate surface area is 133 Å². The van der Waals surface area contributed by atoms with Gasteiger partial charge in [0.15, 0.2) is 0 Å². The largest absolute Gasteiger partial charge is 0.399 e. The van der Waals surface area contributed by atoms with Crippen molar-refractivity contribution in [2.45, 2.75) is 25.8 Å². The van der Waals surface area contributed by atoms with Gasteiger partial charge in [0.2, 0.25) is 0 Å². The normalized spacial score (nSPS) is 12.1. The summed E-state index contributed by atoms with van der Waals surface area (Å²) in [5, 5.41) is 2.21. The molecule has 0 fully saturated rings. The molecule has 2 nitrogen and oxygen atoms in total. The molecule has 0 saturated heterocycles. The van der Waals surface area contributed by atoms with Crippen LogP contribution in [0.1, 0.15) is 25.0 Å². The van der Waals surface area contributed by atoms with Crippen LogP contribution < -0.4 is 5.73 Å². The Hall–Kier alpha value is -0.840. The Morgan fingerprint density at radius 2 is 1.90 bits per heavy atom. The van der Waals surface area contributed by atoms with Crippen LogP contribution in [-0.2, 0) is 12.0 Å². The summed E-state index contributed by atoms with van der Waals surface area (Å²) in [5.41, 5.74) is 9.37. The van der Waals surface area contributed by atoms with E-state index in [9.17, 15) is 0 Å². The lowest BCUT2D eigenvalue weighted by molar-refractivity contribution is 0.261. The van der Waals surface area contributed by atoms with Gasteiger partial charge >= 0.3 is 0 Å². The number of nitrogen functional groups attached to an aromatic ring is 1. The molecule has 0 aliphatic carbocycles. The average molecular weight is 353 g/mol. The molecule has 2 aromatic rings. The lowest BCUT2D eigenvalue weighted by Gasteiger charge is -2.31. The van der Waals surface area contributed by atoms with Gasteiger partial charge in [-0.05, 0) is 57.7 Å². The van der Waals surface area contributed by atoms with E-state index in [1.165, 1.54) is 14.9 Å². The van der Waals surface area contributed by atoms with Gasteiger partial charge in [-0.25, -0.2) is 0 Å². The van der Waals surface area contributed by atoms with Gasteiger partial charge in [0.05, 0.1) is 3.79 Å². The lowest BCUT2D eigenvalue weighted by Crippen LogP contribution is -2.34. The third kappa shape index (κ3) is 4.08. The molecule has 0 spiro atoms. The fraction of sp³-hybridized carbons (Fsp3) is 0.375. The second-order valence-electron chi connectivity index (χ2n) is 5.94. The van der Waals surface area contributed by atoms with E-state index >= 15 is 0 Å². The summed E-state index contributed by atoms with van der Waals surface area (Å²) in [4.78, 5) is 2.37. The van der Waals surface area contributed by atoms with Crippen molar-refractivity contribution in [2.75, 3.05) is 19.3 Å². The average Bonchev–Trinajstić information content (AvgIpc) is 2.74. The molecule has 4 heteroatoms. The molecule has 0 radical (unpaired) electrons. The fourth-order valence-corrected chi connectivity index (χ4v) is 3.70. The molecule has 0 aliphatic rings. The lowest BCUT2D eigenvalue weighted by atomic mass is 9.84. The van der Waals surface area contributed by atoms with Crippen molar-refractivity contribution in [3.05, 3.63) is 50.6 Å². The third-order valence-electron chi connectivity index (χ3n) is 3.43. The number of nitrogens with two attached hydrogens (primary N) is 1. The Morgan fingerprint density at radius 1 is 1.25 bits per heavy atom. The Kier molecular flexibility index (Phi) is 4.89. The minimum atomic E-state index is 0.107. The highest BCUT2D eigenvalue weighted by Crippen LogP contribution is 2.26. The van der Waals surface area contributed by atoms with Crippen LogP contribution in [0.5, 0.6) is 0 Å². The van der Waals surface area contributed by atoms with Gasteiger partial charge in [0.25, 0.3) is 0 Å². The summed E-state index contributed by atoms with van der Waals surface area (Å²) in [6, 6.07) is 10.4. The van der Waals surface area contributed by atoms with Crippen LogP contribution in [0.3, 0.4) is 0 Å². The SMILES string of the molecule is CN(Cc1csc(Br)c1)CC(C)(C)c1ccc(N)cc1. The van der Waals surface area contributed by atoms with E-state index in [2.05, 4.69) is 65.3 Å². The molecule has 1 aromatic carbocycles. The van der Waals surface area contributed by atoms with Gasteiger partial charge in [-0.3, -0.25) is 0 Å². The summed E-state index contributed by atoms with van der Waals surface area (Å²) >= 11 is 5.25. The first-order valence-electron chi connectivity index (χ1n) is 6.64. The number of nitrogens with zero attached hydrogens (tertiary/aromatic N) is 1. The summed E-state index contributed by atoms with van der Waals surface area (Å²) in [7, 11) is 2.17.